The molecule has 0 aliphatic carbocycles. The Hall–Kier alpha value is 0.250. The van der Waals surface area contributed by atoms with Crippen molar-refractivity contribution in [2.45, 2.75) is 38.1 Å². The van der Waals surface area contributed by atoms with Gasteiger partial charge in [0.1, 0.15) is 0 Å². The fraction of sp³-hybridized carbons (Fsp3) is 1.00. The number of halogens is 1. The van der Waals surface area contributed by atoms with E-state index in [1.165, 1.54) is 0 Å². The molecular formula is C8H16ClN. The molecule has 1 heterocycles. The topological polar surface area (TPSA) is 3.24 Å². The highest BCUT2D eigenvalue weighted by atomic mass is 35.5. The summed E-state index contributed by atoms with van der Waals surface area (Å²) < 4.78 is 0. The molecule has 1 aliphatic heterocycles. The summed E-state index contributed by atoms with van der Waals surface area (Å²) in [5.74, 6) is 0. The average molecular weight is 162 g/mol. The molecule has 0 spiro atoms. The van der Waals surface area contributed by atoms with Crippen molar-refractivity contribution in [3.8, 4) is 0 Å². The third kappa shape index (κ3) is 1.17. The molecule has 1 aliphatic rings. The zero-order valence-corrected chi connectivity index (χ0v) is 7.78. The Balaban J connectivity index is 2.64. The molecule has 0 aromatic carbocycles. The van der Waals surface area contributed by atoms with Crippen molar-refractivity contribution in [1.82, 2.24) is 4.90 Å². The van der Waals surface area contributed by atoms with Crippen LogP contribution in [0.3, 0.4) is 0 Å². The van der Waals surface area contributed by atoms with Crippen LogP contribution in [-0.2, 0) is 0 Å². The number of nitrogens with zero attached hydrogens (tertiary/aromatic N) is 1. The molecule has 0 N–H and O–H groups in total. The smallest absolute Gasteiger partial charge is 0.0526 e. The van der Waals surface area contributed by atoms with Gasteiger partial charge in [0.25, 0.3) is 0 Å². The first-order valence-corrected chi connectivity index (χ1v) is 4.41. The average Bonchev–Trinajstić information content (AvgIpc) is 2.10. The van der Waals surface area contributed by atoms with Gasteiger partial charge in [-0.05, 0) is 26.8 Å². The Kier molecular flexibility index (Phi) is 2.26. The summed E-state index contributed by atoms with van der Waals surface area (Å²) in [6.45, 7) is 8.92. The number of hydrogen-bond acceptors (Lipinski definition) is 1. The summed E-state index contributed by atoms with van der Waals surface area (Å²) in [6, 6.07) is 0. The van der Waals surface area contributed by atoms with E-state index < -0.39 is 0 Å². The highest BCUT2D eigenvalue weighted by Crippen LogP contribution is 2.32. The minimum Gasteiger partial charge on any atom is -0.297 e. The largest absolute Gasteiger partial charge is 0.297 e. The predicted octanol–water partition coefficient (Wildman–Crippen LogP) is 2.10. The molecule has 1 rings (SSSR count). The molecule has 0 radical (unpaired) electrons. The Bertz CT molecular complexity index is 122. The summed E-state index contributed by atoms with van der Waals surface area (Å²) in [5.41, 5.74) is 0.219. The van der Waals surface area contributed by atoms with Gasteiger partial charge in [-0.3, -0.25) is 4.90 Å². The van der Waals surface area contributed by atoms with Crippen LogP contribution in [0.25, 0.3) is 0 Å². The molecule has 2 heteroatoms. The molecule has 0 aromatic heterocycles. The van der Waals surface area contributed by atoms with Gasteiger partial charge in [-0.25, -0.2) is 0 Å². The van der Waals surface area contributed by atoms with Crippen LogP contribution in [0, 0.1) is 0 Å². The van der Waals surface area contributed by atoms with Crippen molar-refractivity contribution >= 4 is 11.6 Å². The summed E-state index contributed by atoms with van der Waals surface area (Å²) in [5, 5.41) is 0.340. The fourth-order valence-electron chi connectivity index (χ4n) is 1.67. The zero-order chi connectivity index (χ0) is 7.78. The van der Waals surface area contributed by atoms with Crippen LogP contribution in [0.2, 0.25) is 0 Å². The molecule has 10 heavy (non-hydrogen) atoms. The van der Waals surface area contributed by atoms with Crippen LogP contribution in [0.5, 0.6) is 0 Å². The van der Waals surface area contributed by atoms with E-state index in [-0.39, 0.29) is 5.54 Å². The first kappa shape index (κ1) is 8.35. The van der Waals surface area contributed by atoms with Gasteiger partial charge < -0.3 is 0 Å². The van der Waals surface area contributed by atoms with Gasteiger partial charge >= 0.3 is 0 Å². The van der Waals surface area contributed by atoms with E-state index in [0.29, 0.717) is 5.38 Å². The van der Waals surface area contributed by atoms with Crippen LogP contribution < -0.4 is 0 Å². The first-order valence-electron chi connectivity index (χ1n) is 3.98. The number of alkyl halides is 1. The standard InChI is InChI=1S/C8H16ClN/c1-4-10-6-5-7(9)8(10,2)3/h7H,4-6H2,1-3H3. The molecule has 0 amide bonds. The monoisotopic (exact) mass is 161 g/mol. The Morgan fingerprint density at radius 1 is 1.60 bits per heavy atom. The zero-order valence-electron chi connectivity index (χ0n) is 7.02. The predicted molar refractivity (Wildman–Crippen MR) is 45.6 cm³/mol. The van der Waals surface area contributed by atoms with Gasteiger partial charge in [-0.15, -0.1) is 11.6 Å². The minimum absolute atomic E-state index is 0.219. The van der Waals surface area contributed by atoms with Gasteiger partial charge in [-0.2, -0.15) is 0 Å². The molecule has 1 nitrogen and oxygen atoms in total. The highest BCUT2D eigenvalue weighted by molar-refractivity contribution is 6.21. The van der Waals surface area contributed by atoms with Gasteiger partial charge in [0, 0.05) is 12.1 Å². The van der Waals surface area contributed by atoms with Crippen LogP contribution in [0.1, 0.15) is 27.2 Å². The lowest BCUT2D eigenvalue weighted by Crippen LogP contribution is -2.42. The normalized spacial score (nSPS) is 33.0. The summed E-state index contributed by atoms with van der Waals surface area (Å²) in [4.78, 5) is 2.44. The summed E-state index contributed by atoms with van der Waals surface area (Å²) in [6.07, 6.45) is 1.14. The van der Waals surface area contributed by atoms with E-state index in [1.807, 2.05) is 0 Å². The van der Waals surface area contributed by atoms with Crippen molar-refractivity contribution in [2.75, 3.05) is 13.1 Å². The highest BCUT2D eigenvalue weighted by Gasteiger charge is 2.38. The van der Waals surface area contributed by atoms with Gasteiger partial charge in [-0.1, -0.05) is 6.92 Å². The van der Waals surface area contributed by atoms with E-state index in [4.69, 9.17) is 11.6 Å². The molecule has 0 saturated carbocycles. The lowest BCUT2D eigenvalue weighted by molar-refractivity contribution is 0.187. The van der Waals surface area contributed by atoms with E-state index in [0.717, 1.165) is 19.5 Å². The number of rotatable bonds is 1. The maximum absolute atomic E-state index is 6.14. The fourth-order valence-corrected chi connectivity index (χ4v) is 1.91. The maximum Gasteiger partial charge on any atom is 0.0526 e. The molecule has 1 unspecified atom stereocenters. The molecule has 0 aromatic rings. The summed E-state index contributed by atoms with van der Waals surface area (Å²) in [7, 11) is 0. The Morgan fingerprint density at radius 2 is 2.20 bits per heavy atom. The lowest BCUT2D eigenvalue weighted by Gasteiger charge is -2.32. The van der Waals surface area contributed by atoms with E-state index in [2.05, 4.69) is 25.7 Å². The third-order valence-electron chi connectivity index (χ3n) is 2.62. The van der Waals surface area contributed by atoms with E-state index >= 15 is 0 Å². The SMILES string of the molecule is CCN1CCC(Cl)C1(C)C. The molecule has 0 bridgehead atoms. The first-order chi connectivity index (χ1) is 4.59. The Labute approximate surface area is 68.4 Å². The van der Waals surface area contributed by atoms with Crippen molar-refractivity contribution in [3.05, 3.63) is 0 Å². The quantitative estimate of drug-likeness (QED) is 0.533. The van der Waals surface area contributed by atoms with E-state index in [9.17, 15) is 0 Å². The maximum atomic E-state index is 6.14. The minimum atomic E-state index is 0.219. The van der Waals surface area contributed by atoms with Crippen molar-refractivity contribution in [1.29, 1.82) is 0 Å². The molecule has 1 fully saturated rings. The van der Waals surface area contributed by atoms with Gasteiger partial charge in [0.15, 0.2) is 0 Å². The van der Waals surface area contributed by atoms with Crippen LogP contribution in [-0.4, -0.2) is 28.9 Å². The number of likely N-dealkylation sites (tertiary alicyclic amines) is 1. The molecule has 60 valence electrons. The number of hydrogen-bond donors (Lipinski definition) is 0. The lowest BCUT2D eigenvalue weighted by atomic mass is 10.0. The molecular weight excluding hydrogens is 146 g/mol. The second-order valence-electron chi connectivity index (χ2n) is 3.49. The van der Waals surface area contributed by atoms with E-state index in [1.54, 1.807) is 0 Å². The van der Waals surface area contributed by atoms with Crippen molar-refractivity contribution < 1.29 is 0 Å². The van der Waals surface area contributed by atoms with Crippen molar-refractivity contribution in [3.63, 3.8) is 0 Å². The van der Waals surface area contributed by atoms with Crippen LogP contribution >= 0.6 is 11.6 Å². The molecule has 1 saturated heterocycles. The second-order valence-corrected chi connectivity index (χ2v) is 4.02. The van der Waals surface area contributed by atoms with Crippen LogP contribution in [0.4, 0.5) is 0 Å². The van der Waals surface area contributed by atoms with Gasteiger partial charge in [0.2, 0.25) is 0 Å². The van der Waals surface area contributed by atoms with Gasteiger partial charge in [0.05, 0.1) is 5.38 Å². The summed E-state index contributed by atoms with van der Waals surface area (Å²) >= 11 is 6.14. The van der Waals surface area contributed by atoms with Crippen LogP contribution in [0.15, 0.2) is 0 Å². The second kappa shape index (κ2) is 2.71. The molecule has 1 atom stereocenters. The Morgan fingerprint density at radius 3 is 2.40 bits per heavy atom. The van der Waals surface area contributed by atoms with Crippen molar-refractivity contribution in [2.24, 2.45) is 0 Å². The third-order valence-corrected chi connectivity index (χ3v) is 3.37.